The van der Waals surface area contributed by atoms with Crippen LogP contribution >= 0.6 is 0 Å². The van der Waals surface area contributed by atoms with Gasteiger partial charge in [0.25, 0.3) is 0 Å². The highest BCUT2D eigenvalue weighted by atomic mass is 19.1. The van der Waals surface area contributed by atoms with Crippen molar-refractivity contribution in [1.82, 2.24) is 0 Å². The van der Waals surface area contributed by atoms with Gasteiger partial charge < -0.3 is 9.84 Å². The molecule has 0 aliphatic heterocycles. The van der Waals surface area contributed by atoms with Crippen molar-refractivity contribution >= 4 is 0 Å². The zero-order valence-electron chi connectivity index (χ0n) is 11.0. The summed E-state index contributed by atoms with van der Waals surface area (Å²) in [5.41, 5.74) is 0.513. The first kappa shape index (κ1) is 14.4. The van der Waals surface area contributed by atoms with Gasteiger partial charge in [0.05, 0.1) is 6.10 Å². The zero-order chi connectivity index (χ0) is 14.9. The maximum absolute atomic E-state index is 13.5. The fraction of sp³-hybridized carbons (Fsp3) is 0.200. The lowest BCUT2D eigenvalue weighted by atomic mass is 10.1. The van der Waals surface area contributed by atoms with E-state index in [1.807, 2.05) is 0 Å². The Kier molecular flexibility index (Phi) is 3.99. The zero-order valence-corrected chi connectivity index (χ0v) is 11.0. The average Bonchev–Trinajstić information content (AvgIpc) is 2.31. The van der Waals surface area contributed by atoms with E-state index in [0.717, 1.165) is 24.3 Å². The monoisotopic (exact) mass is 282 g/mol. The molecule has 5 heteroatoms. The molecule has 0 amide bonds. The van der Waals surface area contributed by atoms with Crippen LogP contribution in [0.2, 0.25) is 0 Å². The van der Waals surface area contributed by atoms with Crippen molar-refractivity contribution in [3.05, 3.63) is 58.9 Å². The van der Waals surface area contributed by atoms with Gasteiger partial charge in [-0.15, -0.1) is 0 Å². The van der Waals surface area contributed by atoms with Crippen molar-refractivity contribution in [2.75, 3.05) is 0 Å². The molecule has 0 aliphatic rings. The van der Waals surface area contributed by atoms with Gasteiger partial charge in [0.2, 0.25) is 0 Å². The molecule has 2 aromatic carbocycles. The summed E-state index contributed by atoms with van der Waals surface area (Å²) in [6.45, 7) is 2.98. The predicted octanol–water partition coefficient (Wildman–Crippen LogP) is 4.26. The third kappa shape index (κ3) is 3.11. The van der Waals surface area contributed by atoms with Crippen molar-refractivity contribution in [3.63, 3.8) is 0 Å². The van der Waals surface area contributed by atoms with Gasteiger partial charge >= 0.3 is 0 Å². The molecule has 0 spiro atoms. The van der Waals surface area contributed by atoms with Gasteiger partial charge in [0.1, 0.15) is 29.0 Å². The molecule has 20 heavy (non-hydrogen) atoms. The smallest absolute Gasteiger partial charge is 0.133 e. The minimum absolute atomic E-state index is 0.0598. The molecule has 106 valence electrons. The van der Waals surface area contributed by atoms with E-state index in [0.29, 0.717) is 5.56 Å². The second-order valence-electron chi connectivity index (χ2n) is 4.52. The van der Waals surface area contributed by atoms with Gasteiger partial charge in [-0.1, -0.05) is 0 Å². The van der Waals surface area contributed by atoms with Crippen molar-refractivity contribution in [1.29, 1.82) is 0 Å². The topological polar surface area (TPSA) is 29.5 Å². The first-order valence-corrected chi connectivity index (χ1v) is 5.99. The summed E-state index contributed by atoms with van der Waals surface area (Å²) in [5, 5.41) is 9.61. The molecule has 2 nitrogen and oxygen atoms in total. The van der Waals surface area contributed by atoms with Gasteiger partial charge in [-0.05, 0) is 31.5 Å². The first-order valence-electron chi connectivity index (χ1n) is 5.99. The molecule has 0 unspecified atom stereocenters. The second-order valence-corrected chi connectivity index (χ2v) is 4.52. The normalized spacial score (nSPS) is 12.3. The number of benzene rings is 2. The quantitative estimate of drug-likeness (QED) is 0.911. The lowest BCUT2D eigenvalue weighted by molar-refractivity contribution is 0.195. The lowest BCUT2D eigenvalue weighted by Gasteiger charge is -2.14. The van der Waals surface area contributed by atoms with E-state index in [2.05, 4.69) is 0 Å². The van der Waals surface area contributed by atoms with E-state index < -0.39 is 23.6 Å². The molecule has 0 aromatic heterocycles. The molecule has 0 radical (unpaired) electrons. The third-order valence-corrected chi connectivity index (χ3v) is 2.81. The number of hydrogen-bond donors (Lipinski definition) is 1. The maximum Gasteiger partial charge on any atom is 0.133 e. The molecule has 0 fully saturated rings. The summed E-state index contributed by atoms with van der Waals surface area (Å²) in [6, 6.07) is 5.25. The molecular weight excluding hydrogens is 269 g/mol. The third-order valence-electron chi connectivity index (χ3n) is 2.81. The largest absolute Gasteiger partial charge is 0.457 e. The Morgan fingerprint density at radius 3 is 2.15 bits per heavy atom. The van der Waals surface area contributed by atoms with E-state index in [1.54, 1.807) is 0 Å². The van der Waals surface area contributed by atoms with Gasteiger partial charge in [-0.3, -0.25) is 0 Å². The molecule has 0 saturated heterocycles. The van der Waals surface area contributed by atoms with Gasteiger partial charge in [0.15, 0.2) is 0 Å². The van der Waals surface area contributed by atoms with Crippen LogP contribution in [0.4, 0.5) is 13.2 Å². The van der Waals surface area contributed by atoms with Crippen molar-refractivity contribution < 1.29 is 23.0 Å². The van der Waals surface area contributed by atoms with E-state index in [1.165, 1.54) is 19.9 Å². The number of rotatable bonds is 3. The number of aryl methyl sites for hydroxylation is 1. The van der Waals surface area contributed by atoms with Crippen LogP contribution in [0.15, 0.2) is 30.3 Å². The van der Waals surface area contributed by atoms with Crippen LogP contribution in [0.25, 0.3) is 0 Å². The van der Waals surface area contributed by atoms with Crippen LogP contribution < -0.4 is 4.74 Å². The molecule has 0 saturated carbocycles. The molecule has 2 rings (SSSR count). The Morgan fingerprint density at radius 2 is 1.60 bits per heavy atom. The molecule has 1 atom stereocenters. The van der Waals surface area contributed by atoms with Crippen LogP contribution in [0.5, 0.6) is 11.5 Å². The van der Waals surface area contributed by atoms with E-state index in [-0.39, 0.29) is 17.1 Å². The Bertz CT molecular complexity index is 619. The maximum atomic E-state index is 13.5. The number of hydrogen-bond acceptors (Lipinski definition) is 2. The first-order chi connectivity index (χ1) is 9.36. The summed E-state index contributed by atoms with van der Waals surface area (Å²) >= 11 is 0. The summed E-state index contributed by atoms with van der Waals surface area (Å²) in [6.07, 6.45) is -0.974. The number of aliphatic hydroxyl groups excluding tert-OH is 1. The van der Waals surface area contributed by atoms with E-state index >= 15 is 0 Å². The van der Waals surface area contributed by atoms with Crippen LogP contribution in [0, 0.1) is 24.4 Å². The van der Waals surface area contributed by atoms with Gasteiger partial charge in [0, 0.05) is 23.8 Å². The fourth-order valence-electron chi connectivity index (χ4n) is 1.80. The molecular formula is C15H13F3O2. The molecule has 0 bridgehead atoms. The summed E-state index contributed by atoms with van der Waals surface area (Å²) in [5.74, 6) is -1.95. The van der Waals surface area contributed by atoms with Crippen LogP contribution in [0.1, 0.15) is 24.2 Å². The van der Waals surface area contributed by atoms with Crippen molar-refractivity contribution in [3.8, 4) is 11.5 Å². The van der Waals surface area contributed by atoms with E-state index in [9.17, 15) is 18.3 Å². The minimum Gasteiger partial charge on any atom is -0.457 e. The van der Waals surface area contributed by atoms with E-state index in [4.69, 9.17) is 4.74 Å². The van der Waals surface area contributed by atoms with Crippen molar-refractivity contribution in [2.24, 2.45) is 0 Å². The highest BCUT2D eigenvalue weighted by Gasteiger charge is 2.14. The molecule has 0 heterocycles. The number of ether oxygens (including phenoxy) is 1. The summed E-state index contributed by atoms with van der Waals surface area (Å²) in [4.78, 5) is 0. The summed E-state index contributed by atoms with van der Waals surface area (Å²) < 4.78 is 45.1. The standard InChI is InChI=1S/C15H13F3O2/c1-8-3-15(13(9(2)19)7-14(8)18)20-12-5-10(16)4-11(17)6-12/h3-7,9,19H,1-2H3/t9-/m0/s1. The minimum atomic E-state index is -0.974. The Balaban J connectivity index is 2.44. The highest BCUT2D eigenvalue weighted by molar-refractivity contribution is 5.42. The average molecular weight is 282 g/mol. The molecule has 2 aromatic rings. The molecule has 1 N–H and O–H groups in total. The van der Waals surface area contributed by atoms with Crippen LogP contribution in [0.3, 0.4) is 0 Å². The van der Waals surface area contributed by atoms with Crippen molar-refractivity contribution in [2.45, 2.75) is 20.0 Å². The molecule has 0 aliphatic carbocycles. The van der Waals surface area contributed by atoms with Crippen LogP contribution in [-0.2, 0) is 0 Å². The summed E-state index contributed by atoms with van der Waals surface area (Å²) in [7, 11) is 0. The van der Waals surface area contributed by atoms with Crippen LogP contribution in [-0.4, -0.2) is 5.11 Å². The lowest BCUT2D eigenvalue weighted by Crippen LogP contribution is -1.99. The predicted molar refractivity (Wildman–Crippen MR) is 68.2 cm³/mol. The number of aliphatic hydroxyl groups is 1. The number of halogens is 3. The fourth-order valence-corrected chi connectivity index (χ4v) is 1.80. The SMILES string of the molecule is Cc1cc(Oc2cc(F)cc(F)c2)c([C@H](C)O)cc1F. The Morgan fingerprint density at radius 1 is 1.00 bits per heavy atom. The van der Waals surface area contributed by atoms with Gasteiger partial charge in [-0.2, -0.15) is 0 Å². The Hall–Kier alpha value is -2.01. The van der Waals surface area contributed by atoms with Gasteiger partial charge in [-0.25, -0.2) is 13.2 Å². The Labute approximate surface area is 114 Å². The second kappa shape index (κ2) is 5.54. The highest BCUT2D eigenvalue weighted by Crippen LogP contribution is 2.32.